The molecule has 112 valence electrons. The Kier molecular flexibility index (Phi) is 5.37. The number of nitrogens with zero attached hydrogens (tertiary/aromatic N) is 1. The summed E-state index contributed by atoms with van der Waals surface area (Å²) < 4.78 is 6.97. The number of hydrogen-bond acceptors (Lipinski definition) is 3. The molecule has 1 aromatic heterocycles. The van der Waals surface area contributed by atoms with Gasteiger partial charge >= 0.3 is 0 Å². The maximum Gasteiger partial charge on any atom is 0.145 e. The fraction of sp³-hybridized carbons (Fsp3) is 0.353. The van der Waals surface area contributed by atoms with Gasteiger partial charge in [0.2, 0.25) is 0 Å². The van der Waals surface area contributed by atoms with Gasteiger partial charge in [-0.3, -0.25) is 4.98 Å². The summed E-state index contributed by atoms with van der Waals surface area (Å²) in [5.41, 5.74) is 1.81. The van der Waals surface area contributed by atoms with Crippen LogP contribution < -0.4 is 4.74 Å². The fourth-order valence-corrected chi connectivity index (χ4v) is 2.43. The molecule has 0 fully saturated rings. The minimum Gasteiger partial charge on any atom is -0.455 e. The number of aliphatic hydroxyl groups is 1. The van der Waals surface area contributed by atoms with Crippen molar-refractivity contribution in [1.29, 1.82) is 0 Å². The van der Waals surface area contributed by atoms with E-state index in [1.807, 2.05) is 25.1 Å². The van der Waals surface area contributed by atoms with Crippen LogP contribution in [0.15, 0.2) is 41.0 Å². The van der Waals surface area contributed by atoms with E-state index in [1.54, 1.807) is 12.3 Å². The summed E-state index contributed by atoms with van der Waals surface area (Å²) in [6.07, 6.45) is 1.79. The Labute approximate surface area is 134 Å². The Hall–Kier alpha value is -1.39. The maximum atomic E-state index is 9.75. The lowest BCUT2D eigenvalue weighted by Crippen LogP contribution is -1.99. The second-order valence-corrected chi connectivity index (χ2v) is 6.20. The smallest absolute Gasteiger partial charge is 0.145 e. The average Bonchev–Trinajstić information content (AvgIpc) is 2.49. The lowest BCUT2D eigenvalue weighted by Gasteiger charge is -2.14. The highest BCUT2D eigenvalue weighted by Crippen LogP contribution is 2.32. The summed E-state index contributed by atoms with van der Waals surface area (Å²) in [6.45, 7) is 6.19. The van der Waals surface area contributed by atoms with Gasteiger partial charge < -0.3 is 9.84 Å². The zero-order chi connectivity index (χ0) is 15.4. The molecule has 0 bridgehead atoms. The summed E-state index contributed by atoms with van der Waals surface area (Å²) in [6, 6.07) is 9.63. The van der Waals surface area contributed by atoms with Gasteiger partial charge in [-0.15, -0.1) is 0 Å². The molecule has 0 amide bonds. The average molecular weight is 350 g/mol. The van der Waals surface area contributed by atoms with E-state index in [4.69, 9.17) is 4.74 Å². The zero-order valence-electron chi connectivity index (χ0n) is 12.5. The van der Waals surface area contributed by atoms with E-state index in [0.29, 0.717) is 23.8 Å². The molecule has 0 aliphatic rings. The molecule has 1 heterocycles. The molecular formula is C17H20BrNO2. The largest absolute Gasteiger partial charge is 0.455 e. The predicted molar refractivity (Wildman–Crippen MR) is 87.8 cm³/mol. The topological polar surface area (TPSA) is 42.4 Å². The zero-order valence-corrected chi connectivity index (χ0v) is 14.1. The van der Waals surface area contributed by atoms with Gasteiger partial charge in [-0.2, -0.15) is 0 Å². The number of rotatable bonds is 5. The fourth-order valence-electron chi connectivity index (χ4n) is 2.05. The van der Waals surface area contributed by atoms with Crippen molar-refractivity contribution < 1.29 is 9.84 Å². The van der Waals surface area contributed by atoms with Crippen molar-refractivity contribution in [3.05, 3.63) is 52.3 Å². The minimum absolute atomic E-state index is 0.367. The molecule has 4 heteroatoms. The Bertz CT molecular complexity index is 596. The maximum absolute atomic E-state index is 9.75. The van der Waals surface area contributed by atoms with Gasteiger partial charge in [0.15, 0.2) is 0 Å². The van der Waals surface area contributed by atoms with Crippen LogP contribution in [0.25, 0.3) is 0 Å². The summed E-state index contributed by atoms with van der Waals surface area (Å²) in [4.78, 5) is 4.25. The molecule has 3 nitrogen and oxygen atoms in total. The molecule has 0 saturated carbocycles. The second-order valence-electron chi connectivity index (χ2n) is 5.28. The van der Waals surface area contributed by atoms with Crippen LogP contribution in [0.2, 0.25) is 0 Å². The van der Waals surface area contributed by atoms with Crippen LogP contribution in [0.3, 0.4) is 0 Å². The predicted octanol–water partition coefficient (Wildman–Crippen LogP) is 5.20. The molecule has 0 aliphatic heterocycles. The Morgan fingerprint density at radius 3 is 2.57 bits per heavy atom. The number of benzene rings is 1. The van der Waals surface area contributed by atoms with Crippen molar-refractivity contribution in [2.75, 3.05) is 0 Å². The van der Waals surface area contributed by atoms with Gasteiger partial charge in [0.05, 0.1) is 18.0 Å². The van der Waals surface area contributed by atoms with E-state index in [1.165, 1.54) is 0 Å². The van der Waals surface area contributed by atoms with Crippen LogP contribution >= 0.6 is 15.9 Å². The van der Waals surface area contributed by atoms with Crippen molar-refractivity contribution >= 4 is 15.9 Å². The quantitative estimate of drug-likeness (QED) is 0.806. The van der Waals surface area contributed by atoms with Crippen LogP contribution in [0.4, 0.5) is 0 Å². The molecular weight excluding hydrogens is 330 g/mol. The molecule has 1 N–H and O–H groups in total. The van der Waals surface area contributed by atoms with Gasteiger partial charge in [-0.05, 0) is 48.2 Å². The van der Waals surface area contributed by atoms with E-state index in [-0.39, 0.29) is 0 Å². The van der Waals surface area contributed by atoms with Crippen molar-refractivity contribution in [3.8, 4) is 11.5 Å². The van der Waals surface area contributed by atoms with Crippen LogP contribution in [0, 0.1) is 0 Å². The third-order valence-electron chi connectivity index (χ3n) is 3.31. The number of aliphatic hydroxyl groups excluding tert-OH is 1. The van der Waals surface area contributed by atoms with Crippen LogP contribution in [-0.2, 0) is 0 Å². The third-order valence-corrected chi connectivity index (χ3v) is 3.80. The van der Waals surface area contributed by atoms with Crippen molar-refractivity contribution in [3.63, 3.8) is 0 Å². The highest BCUT2D eigenvalue weighted by molar-refractivity contribution is 9.10. The Morgan fingerprint density at radius 1 is 1.24 bits per heavy atom. The summed E-state index contributed by atoms with van der Waals surface area (Å²) in [7, 11) is 0. The molecule has 2 aromatic rings. The highest BCUT2D eigenvalue weighted by atomic mass is 79.9. The summed E-state index contributed by atoms with van der Waals surface area (Å²) in [5.74, 6) is 1.87. The number of halogens is 1. The molecule has 2 rings (SSSR count). The molecule has 0 radical (unpaired) electrons. The van der Waals surface area contributed by atoms with Crippen LogP contribution in [-0.4, -0.2) is 10.1 Å². The molecule has 1 aromatic carbocycles. The van der Waals surface area contributed by atoms with Crippen molar-refractivity contribution in [2.45, 2.75) is 39.2 Å². The number of ether oxygens (including phenoxy) is 1. The normalized spacial score (nSPS) is 12.5. The Balaban J connectivity index is 2.22. The Morgan fingerprint density at radius 2 is 2.00 bits per heavy atom. The van der Waals surface area contributed by atoms with Gasteiger partial charge in [0.1, 0.15) is 11.5 Å². The number of pyridine rings is 1. The van der Waals surface area contributed by atoms with Gasteiger partial charge in [0, 0.05) is 4.47 Å². The first kappa shape index (κ1) is 16.0. The first-order valence-electron chi connectivity index (χ1n) is 7.12. The van der Waals surface area contributed by atoms with Gasteiger partial charge in [0.25, 0.3) is 0 Å². The van der Waals surface area contributed by atoms with Crippen molar-refractivity contribution in [2.24, 2.45) is 0 Å². The van der Waals surface area contributed by atoms with E-state index in [0.717, 1.165) is 15.8 Å². The van der Waals surface area contributed by atoms with Crippen LogP contribution in [0.5, 0.6) is 11.5 Å². The number of hydrogen-bond donors (Lipinski definition) is 1. The minimum atomic E-state index is -0.516. The molecule has 1 atom stereocenters. The molecule has 21 heavy (non-hydrogen) atoms. The monoisotopic (exact) mass is 349 g/mol. The SMILES string of the molecule is CC[C@@H](O)c1ccc(Oc2ccc(Br)cc2C(C)C)cn1. The lowest BCUT2D eigenvalue weighted by molar-refractivity contribution is 0.169. The van der Waals surface area contributed by atoms with Crippen LogP contribution in [0.1, 0.15) is 50.5 Å². The number of aromatic nitrogens is 1. The summed E-state index contributed by atoms with van der Waals surface area (Å²) >= 11 is 3.49. The summed E-state index contributed by atoms with van der Waals surface area (Å²) in [5, 5.41) is 9.75. The molecule has 0 unspecified atom stereocenters. The molecule has 0 saturated heterocycles. The van der Waals surface area contributed by atoms with E-state index in [9.17, 15) is 5.11 Å². The van der Waals surface area contributed by atoms with E-state index in [2.05, 4.69) is 40.8 Å². The second kappa shape index (κ2) is 7.05. The lowest BCUT2D eigenvalue weighted by atomic mass is 10.0. The van der Waals surface area contributed by atoms with E-state index >= 15 is 0 Å². The molecule has 0 spiro atoms. The van der Waals surface area contributed by atoms with E-state index < -0.39 is 6.10 Å². The van der Waals surface area contributed by atoms with Crippen molar-refractivity contribution in [1.82, 2.24) is 4.98 Å². The van der Waals surface area contributed by atoms with Gasteiger partial charge in [-0.1, -0.05) is 36.7 Å². The standard InChI is InChI=1S/C17H20BrNO2/c1-4-16(20)15-7-6-13(10-19-15)21-17-8-5-12(18)9-14(17)11(2)3/h5-11,16,20H,4H2,1-3H3/t16-/m1/s1. The molecule has 0 aliphatic carbocycles. The highest BCUT2D eigenvalue weighted by Gasteiger charge is 2.11. The van der Waals surface area contributed by atoms with Gasteiger partial charge in [-0.25, -0.2) is 0 Å². The first-order valence-corrected chi connectivity index (χ1v) is 7.92. The first-order chi connectivity index (χ1) is 10.0. The third kappa shape index (κ3) is 4.05.